The summed E-state index contributed by atoms with van der Waals surface area (Å²) in [4.78, 5) is 27.1. The highest BCUT2D eigenvalue weighted by molar-refractivity contribution is 5.85. The summed E-state index contributed by atoms with van der Waals surface area (Å²) in [6, 6.07) is 6.23. The van der Waals surface area contributed by atoms with Crippen molar-refractivity contribution >= 4 is 24.3 Å². The zero-order chi connectivity index (χ0) is 16.8. The van der Waals surface area contributed by atoms with E-state index in [1.165, 1.54) is 12.1 Å². The summed E-state index contributed by atoms with van der Waals surface area (Å²) in [5.41, 5.74) is 0.752. The van der Waals surface area contributed by atoms with Crippen molar-refractivity contribution < 1.29 is 19.1 Å². The highest BCUT2D eigenvalue weighted by Gasteiger charge is 2.27. The van der Waals surface area contributed by atoms with Gasteiger partial charge in [-0.25, -0.2) is 4.39 Å². The van der Waals surface area contributed by atoms with Gasteiger partial charge >= 0.3 is 5.97 Å². The Morgan fingerprint density at radius 2 is 2.17 bits per heavy atom. The Hall–Kier alpha value is -1.66. The van der Waals surface area contributed by atoms with Crippen LogP contribution in [0.5, 0.6) is 0 Å². The van der Waals surface area contributed by atoms with Gasteiger partial charge in [-0.2, -0.15) is 0 Å². The van der Waals surface area contributed by atoms with Crippen LogP contribution < -0.4 is 0 Å². The second-order valence-electron chi connectivity index (χ2n) is 5.95. The van der Waals surface area contributed by atoms with Crippen molar-refractivity contribution in [1.82, 2.24) is 9.80 Å². The number of aliphatic carboxylic acids is 1. The van der Waals surface area contributed by atoms with Crippen LogP contribution in [0.2, 0.25) is 0 Å². The second-order valence-corrected chi connectivity index (χ2v) is 5.95. The largest absolute Gasteiger partial charge is 0.481 e. The molecule has 1 aliphatic rings. The van der Waals surface area contributed by atoms with Crippen molar-refractivity contribution in [3.63, 3.8) is 0 Å². The number of benzene rings is 1. The lowest BCUT2D eigenvalue weighted by Gasteiger charge is -2.32. The number of amides is 1. The number of hydrogen-bond donors (Lipinski definition) is 1. The number of carboxylic acids is 1. The lowest BCUT2D eigenvalue weighted by atomic mass is 9.98. The molecule has 0 aliphatic carbocycles. The fourth-order valence-electron chi connectivity index (χ4n) is 2.92. The van der Waals surface area contributed by atoms with E-state index in [9.17, 15) is 14.0 Å². The number of carbonyl (C=O) groups is 2. The van der Waals surface area contributed by atoms with E-state index in [1.54, 1.807) is 17.0 Å². The van der Waals surface area contributed by atoms with Gasteiger partial charge in [-0.15, -0.1) is 12.4 Å². The molecule has 1 fully saturated rings. The van der Waals surface area contributed by atoms with E-state index in [2.05, 4.69) is 0 Å². The van der Waals surface area contributed by atoms with Crippen LogP contribution in [-0.2, 0) is 16.1 Å². The minimum Gasteiger partial charge on any atom is -0.481 e. The minimum absolute atomic E-state index is 0. The average Bonchev–Trinajstić information content (AvgIpc) is 2.52. The van der Waals surface area contributed by atoms with Crippen molar-refractivity contribution in [1.29, 1.82) is 0 Å². The summed E-state index contributed by atoms with van der Waals surface area (Å²) in [6.45, 7) is 4.15. The smallest absolute Gasteiger partial charge is 0.307 e. The Labute approximate surface area is 147 Å². The van der Waals surface area contributed by atoms with Crippen molar-refractivity contribution in [2.75, 3.05) is 26.2 Å². The van der Waals surface area contributed by atoms with E-state index >= 15 is 0 Å². The number of hydrogen-bond acceptors (Lipinski definition) is 3. The van der Waals surface area contributed by atoms with Gasteiger partial charge in [-0.1, -0.05) is 12.1 Å². The maximum atomic E-state index is 13.2. The maximum absolute atomic E-state index is 13.2. The van der Waals surface area contributed by atoms with Gasteiger partial charge in [0.25, 0.3) is 0 Å². The molecule has 24 heavy (non-hydrogen) atoms. The maximum Gasteiger partial charge on any atom is 0.307 e. The summed E-state index contributed by atoms with van der Waals surface area (Å²) in [6.07, 6.45) is 1.46. The van der Waals surface area contributed by atoms with E-state index in [-0.39, 0.29) is 30.7 Å². The molecule has 1 aromatic carbocycles. The van der Waals surface area contributed by atoms with Crippen molar-refractivity contribution in [2.24, 2.45) is 5.92 Å². The number of piperidine rings is 1. The average molecular weight is 359 g/mol. The zero-order valence-corrected chi connectivity index (χ0v) is 14.6. The first-order chi connectivity index (χ1) is 11.0. The van der Waals surface area contributed by atoms with E-state index in [0.717, 1.165) is 18.5 Å². The van der Waals surface area contributed by atoms with Gasteiger partial charge in [0.15, 0.2) is 0 Å². The van der Waals surface area contributed by atoms with Crippen LogP contribution in [0.1, 0.15) is 25.3 Å². The molecule has 0 bridgehead atoms. The molecule has 1 unspecified atom stereocenters. The topological polar surface area (TPSA) is 60.9 Å². The fourth-order valence-corrected chi connectivity index (χ4v) is 2.92. The SMILES string of the molecule is CCN(Cc1cccc(F)c1)C(=O)CN1CCCC(C(=O)O)C1.Cl. The summed E-state index contributed by atoms with van der Waals surface area (Å²) in [5.74, 6) is -1.56. The van der Waals surface area contributed by atoms with Crippen molar-refractivity contribution in [2.45, 2.75) is 26.3 Å². The third-order valence-electron chi connectivity index (χ3n) is 4.21. The number of nitrogens with zero attached hydrogens (tertiary/aromatic N) is 2. The zero-order valence-electron chi connectivity index (χ0n) is 13.8. The van der Waals surface area contributed by atoms with Gasteiger partial charge in [0.1, 0.15) is 5.82 Å². The number of rotatable bonds is 6. The molecule has 0 radical (unpaired) electrons. The number of likely N-dealkylation sites (tertiary alicyclic amines) is 1. The Morgan fingerprint density at radius 3 is 2.79 bits per heavy atom. The molecule has 2 rings (SSSR count). The standard InChI is InChI=1S/C17H23FN2O3.ClH/c1-2-20(10-13-5-3-7-15(18)9-13)16(21)12-19-8-4-6-14(11-19)17(22)23;/h3,5,7,9,14H,2,4,6,8,10-12H2,1H3,(H,22,23);1H. The van der Waals surface area contributed by atoms with Gasteiger partial charge in [0.05, 0.1) is 12.5 Å². The fraction of sp³-hybridized carbons (Fsp3) is 0.529. The quantitative estimate of drug-likeness (QED) is 0.848. The molecule has 7 heteroatoms. The monoisotopic (exact) mass is 358 g/mol. The van der Waals surface area contributed by atoms with E-state index in [0.29, 0.717) is 26.1 Å². The molecule has 1 saturated heterocycles. The lowest BCUT2D eigenvalue weighted by molar-refractivity contribution is -0.145. The Kier molecular flexibility index (Phi) is 8.15. The third-order valence-corrected chi connectivity index (χ3v) is 4.21. The predicted octanol–water partition coefficient (Wildman–Crippen LogP) is 2.39. The number of carbonyl (C=O) groups excluding carboxylic acids is 1. The number of likely N-dealkylation sites (N-methyl/N-ethyl adjacent to an activating group) is 1. The highest BCUT2D eigenvalue weighted by Crippen LogP contribution is 2.17. The van der Waals surface area contributed by atoms with Crippen LogP contribution in [0.25, 0.3) is 0 Å². The molecule has 1 heterocycles. The molecule has 5 nitrogen and oxygen atoms in total. The summed E-state index contributed by atoms with van der Waals surface area (Å²) >= 11 is 0. The first-order valence-electron chi connectivity index (χ1n) is 7.97. The molecule has 0 saturated carbocycles. The minimum atomic E-state index is -0.797. The third kappa shape index (κ3) is 5.76. The molecule has 1 atom stereocenters. The van der Waals surface area contributed by atoms with Crippen LogP contribution in [0.4, 0.5) is 4.39 Å². The number of carboxylic acid groups (broad SMARTS) is 1. The molecular formula is C17H24ClFN2O3. The van der Waals surface area contributed by atoms with Crippen molar-refractivity contribution in [3.05, 3.63) is 35.6 Å². The first kappa shape index (κ1) is 20.4. The van der Waals surface area contributed by atoms with Crippen LogP contribution in [-0.4, -0.2) is 53.0 Å². The lowest BCUT2D eigenvalue weighted by Crippen LogP contribution is -2.45. The van der Waals surface area contributed by atoms with Crippen molar-refractivity contribution in [3.8, 4) is 0 Å². The summed E-state index contributed by atoms with van der Waals surface area (Å²) in [7, 11) is 0. The Bertz CT molecular complexity index is 571. The van der Waals surface area contributed by atoms with Crippen LogP contribution in [0.15, 0.2) is 24.3 Å². The second kappa shape index (κ2) is 9.59. The molecule has 1 N–H and O–H groups in total. The Balaban J connectivity index is 0.00000288. The molecule has 134 valence electrons. The normalized spacial score (nSPS) is 17.8. The van der Waals surface area contributed by atoms with Gasteiger partial charge in [0, 0.05) is 19.6 Å². The van der Waals surface area contributed by atoms with E-state index < -0.39 is 11.9 Å². The first-order valence-corrected chi connectivity index (χ1v) is 7.97. The van der Waals surface area contributed by atoms with Gasteiger partial charge in [0.2, 0.25) is 5.91 Å². The summed E-state index contributed by atoms with van der Waals surface area (Å²) < 4.78 is 13.2. The molecular weight excluding hydrogens is 335 g/mol. The van der Waals surface area contributed by atoms with Gasteiger partial charge < -0.3 is 10.0 Å². The van der Waals surface area contributed by atoms with Crippen LogP contribution >= 0.6 is 12.4 Å². The molecule has 0 spiro atoms. The van der Waals surface area contributed by atoms with Gasteiger partial charge in [-0.05, 0) is 44.0 Å². The number of halogens is 2. The highest BCUT2D eigenvalue weighted by atomic mass is 35.5. The summed E-state index contributed by atoms with van der Waals surface area (Å²) in [5, 5.41) is 9.11. The predicted molar refractivity (Wildman–Crippen MR) is 91.5 cm³/mol. The van der Waals surface area contributed by atoms with Gasteiger partial charge in [-0.3, -0.25) is 14.5 Å². The van der Waals surface area contributed by atoms with E-state index in [1.807, 2.05) is 11.8 Å². The molecule has 1 aromatic rings. The Morgan fingerprint density at radius 1 is 1.42 bits per heavy atom. The van der Waals surface area contributed by atoms with E-state index in [4.69, 9.17) is 5.11 Å². The molecule has 1 aliphatic heterocycles. The van der Waals surface area contributed by atoms with Crippen LogP contribution in [0, 0.1) is 11.7 Å². The molecule has 1 amide bonds. The molecule has 0 aromatic heterocycles. The van der Waals surface area contributed by atoms with Crippen LogP contribution in [0.3, 0.4) is 0 Å².